The van der Waals surface area contributed by atoms with E-state index in [9.17, 15) is 4.79 Å². The number of rotatable bonds is 8. The number of carbonyl (C=O) groups is 1. The Hall–Kier alpha value is -2.17. The minimum absolute atomic E-state index is 0. The number of nitrogens with zero attached hydrogens (tertiary/aromatic N) is 2. The number of amides is 1. The highest BCUT2D eigenvalue weighted by molar-refractivity contribution is 14.0. The van der Waals surface area contributed by atoms with Gasteiger partial charge in [-0.3, -0.25) is 14.7 Å². The molecule has 0 radical (unpaired) electrons. The number of hydrogen-bond acceptors (Lipinski definition) is 4. The van der Waals surface area contributed by atoms with Crippen molar-refractivity contribution in [3.05, 3.63) is 71.3 Å². The maximum absolute atomic E-state index is 12.1. The largest absolute Gasteiger partial charge is 0.379 e. The normalized spacial score (nSPS) is 14.4. The van der Waals surface area contributed by atoms with Gasteiger partial charge in [0.25, 0.3) is 0 Å². The zero-order chi connectivity index (χ0) is 21.0. The van der Waals surface area contributed by atoms with E-state index in [1.807, 2.05) is 36.4 Å². The third kappa shape index (κ3) is 8.84. The van der Waals surface area contributed by atoms with E-state index in [0.717, 1.165) is 38.4 Å². The number of morpholine rings is 1. The highest BCUT2D eigenvalue weighted by Gasteiger charge is 2.13. The molecule has 7 nitrogen and oxygen atoms in total. The van der Waals surface area contributed by atoms with E-state index in [0.29, 0.717) is 19.0 Å². The summed E-state index contributed by atoms with van der Waals surface area (Å²) in [5, 5.41) is 9.29. The van der Waals surface area contributed by atoms with Crippen LogP contribution in [0.25, 0.3) is 0 Å². The molecule has 0 saturated carbocycles. The Morgan fingerprint density at radius 2 is 1.61 bits per heavy atom. The molecule has 0 unspecified atom stereocenters. The number of aliphatic imine (C=N–C) groups is 1. The van der Waals surface area contributed by atoms with Gasteiger partial charge >= 0.3 is 0 Å². The average molecular weight is 537 g/mol. The number of ether oxygens (including phenoxy) is 1. The molecule has 0 atom stereocenters. The summed E-state index contributed by atoms with van der Waals surface area (Å²) in [5.41, 5.74) is 3.59. The van der Waals surface area contributed by atoms with Gasteiger partial charge in [-0.2, -0.15) is 0 Å². The predicted octanol–water partition coefficient (Wildman–Crippen LogP) is 2.12. The van der Waals surface area contributed by atoms with Crippen LogP contribution in [-0.2, 0) is 29.2 Å². The molecule has 8 heteroatoms. The Morgan fingerprint density at radius 1 is 0.935 bits per heavy atom. The maximum Gasteiger partial charge on any atom is 0.239 e. The molecule has 31 heavy (non-hydrogen) atoms. The van der Waals surface area contributed by atoms with E-state index in [2.05, 4.69) is 44.0 Å². The van der Waals surface area contributed by atoms with Gasteiger partial charge in [0.1, 0.15) is 0 Å². The van der Waals surface area contributed by atoms with Crippen molar-refractivity contribution in [2.24, 2.45) is 4.99 Å². The summed E-state index contributed by atoms with van der Waals surface area (Å²) in [6.07, 6.45) is 0. The fraction of sp³-hybridized carbons (Fsp3) is 0.391. The second kappa shape index (κ2) is 14.0. The first-order chi connectivity index (χ1) is 14.7. The molecule has 1 heterocycles. The molecule has 0 spiro atoms. The molecule has 1 saturated heterocycles. The van der Waals surface area contributed by atoms with Gasteiger partial charge in [0, 0.05) is 39.8 Å². The zero-order valence-electron chi connectivity index (χ0n) is 18.0. The van der Waals surface area contributed by atoms with Crippen LogP contribution < -0.4 is 16.0 Å². The minimum atomic E-state index is -0.0745. The maximum atomic E-state index is 12.1. The predicted molar refractivity (Wildman–Crippen MR) is 134 cm³/mol. The van der Waals surface area contributed by atoms with E-state index >= 15 is 0 Å². The molecule has 1 aliphatic heterocycles. The highest BCUT2D eigenvalue weighted by Crippen LogP contribution is 2.13. The molecular formula is C23H32IN5O2. The van der Waals surface area contributed by atoms with Crippen LogP contribution in [0.1, 0.15) is 16.7 Å². The van der Waals surface area contributed by atoms with E-state index in [1.165, 1.54) is 11.1 Å². The van der Waals surface area contributed by atoms with Crippen molar-refractivity contribution in [1.29, 1.82) is 0 Å². The van der Waals surface area contributed by atoms with Crippen molar-refractivity contribution < 1.29 is 9.53 Å². The van der Waals surface area contributed by atoms with Crippen molar-refractivity contribution >= 4 is 35.8 Å². The lowest BCUT2D eigenvalue weighted by Gasteiger charge is -2.27. The quantitative estimate of drug-likeness (QED) is 0.273. The molecule has 1 amide bonds. The van der Waals surface area contributed by atoms with Crippen LogP contribution >= 0.6 is 24.0 Å². The van der Waals surface area contributed by atoms with Crippen LogP contribution in [0.5, 0.6) is 0 Å². The molecule has 0 aromatic heterocycles. The van der Waals surface area contributed by atoms with Crippen molar-refractivity contribution in [2.75, 3.05) is 39.9 Å². The Labute approximate surface area is 201 Å². The van der Waals surface area contributed by atoms with Gasteiger partial charge in [0.15, 0.2) is 5.96 Å². The van der Waals surface area contributed by atoms with Gasteiger partial charge in [-0.15, -0.1) is 24.0 Å². The van der Waals surface area contributed by atoms with Gasteiger partial charge in [-0.25, -0.2) is 0 Å². The summed E-state index contributed by atoms with van der Waals surface area (Å²) >= 11 is 0. The van der Waals surface area contributed by atoms with E-state index in [4.69, 9.17) is 4.74 Å². The van der Waals surface area contributed by atoms with Crippen LogP contribution in [0.4, 0.5) is 0 Å². The second-order valence-corrected chi connectivity index (χ2v) is 7.20. The van der Waals surface area contributed by atoms with Gasteiger partial charge in [-0.1, -0.05) is 54.6 Å². The number of benzene rings is 2. The minimum Gasteiger partial charge on any atom is -0.379 e. The molecule has 0 aliphatic carbocycles. The van der Waals surface area contributed by atoms with Crippen molar-refractivity contribution in [2.45, 2.75) is 19.6 Å². The Morgan fingerprint density at radius 3 is 2.32 bits per heavy atom. The van der Waals surface area contributed by atoms with Crippen molar-refractivity contribution in [1.82, 2.24) is 20.9 Å². The van der Waals surface area contributed by atoms with Crippen LogP contribution in [0, 0.1) is 0 Å². The SMILES string of the molecule is CN=C(NCC(=O)NCc1ccccc1)NCc1ccccc1CN1CCOCC1.I. The molecule has 0 bridgehead atoms. The molecule has 168 valence electrons. The van der Waals surface area contributed by atoms with Crippen molar-refractivity contribution in [3.63, 3.8) is 0 Å². The lowest BCUT2D eigenvalue weighted by molar-refractivity contribution is -0.120. The fourth-order valence-corrected chi connectivity index (χ4v) is 3.31. The summed E-state index contributed by atoms with van der Waals surface area (Å²) < 4.78 is 5.44. The molecule has 2 aromatic rings. The van der Waals surface area contributed by atoms with Crippen LogP contribution in [0.2, 0.25) is 0 Å². The van der Waals surface area contributed by atoms with E-state index < -0.39 is 0 Å². The van der Waals surface area contributed by atoms with Crippen LogP contribution in [0.3, 0.4) is 0 Å². The van der Waals surface area contributed by atoms with E-state index in [-0.39, 0.29) is 36.4 Å². The molecule has 1 fully saturated rings. The monoisotopic (exact) mass is 537 g/mol. The lowest BCUT2D eigenvalue weighted by Crippen LogP contribution is -2.43. The van der Waals surface area contributed by atoms with Gasteiger partial charge < -0.3 is 20.7 Å². The molecule has 1 aliphatic rings. The standard InChI is InChI=1S/C23H31N5O2.HI/c1-24-23(27-17-22(29)25-15-19-7-3-2-4-8-19)26-16-20-9-5-6-10-21(20)18-28-11-13-30-14-12-28;/h2-10H,11-18H2,1H3,(H,25,29)(H2,24,26,27);1H. The lowest BCUT2D eigenvalue weighted by atomic mass is 10.1. The second-order valence-electron chi connectivity index (χ2n) is 7.20. The Kier molecular flexibility index (Phi) is 11.3. The first-order valence-electron chi connectivity index (χ1n) is 10.4. The summed E-state index contributed by atoms with van der Waals surface area (Å²) in [5.74, 6) is 0.528. The van der Waals surface area contributed by atoms with Gasteiger partial charge in [0.05, 0.1) is 19.8 Å². The zero-order valence-corrected chi connectivity index (χ0v) is 20.3. The Balaban J connectivity index is 0.00000341. The Bertz CT molecular complexity index is 826. The average Bonchev–Trinajstić information content (AvgIpc) is 2.80. The fourth-order valence-electron chi connectivity index (χ4n) is 3.31. The first-order valence-corrected chi connectivity index (χ1v) is 10.4. The molecule has 3 rings (SSSR count). The van der Waals surface area contributed by atoms with Crippen LogP contribution in [0.15, 0.2) is 59.6 Å². The van der Waals surface area contributed by atoms with Gasteiger partial charge in [0.2, 0.25) is 5.91 Å². The third-order valence-electron chi connectivity index (χ3n) is 5.03. The number of nitrogens with one attached hydrogen (secondary N) is 3. The third-order valence-corrected chi connectivity index (χ3v) is 5.03. The number of guanidine groups is 1. The topological polar surface area (TPSA) is 78.0 Å². The summed E-state index contributed by atoms with van der Waals surface area (Å²) in [4.78, 5) is 18.7. The number of hydrogen-bond donors (Lipinski definition) is 3. The van der Waals surface area contributed by atoms with Crippen molar-refractivity contribution in [3.8, 4) is 0 Å². The number of carbonyl (C=O) groups excluding carboxylic acids is 1. The molecular weight excluding hydrogens is 505 g/mol. The molecule has 3 N–H and O–H groups in total. The van der Waals surface area contributed by atoms with E-state index in [1.54, 1.807) is 7.05 Å². The summed E-state index contributed by atoms with van der Waals surface area (Å²) in [7, 11) is 1.71. The smallest absolute Gasteiger partial charge is 0.239 e. The summed E-state index contributed by atoms with van der Waals surface area (Å²) in [6, 6.07) is 18.3. The number of halogens is 1. The van der Waals surface area contributed by atoms with Gasteiger partial charge in [-0.05, 0) is 16.7 Å². The summed E-state index contributed by atoms with van der Waals surface area (Å²) in [6.45, 7) is 5.75. The van der Waals surface area contributed by atoms with Crippen LogP contribution in [-0.4, -0.2) is 56.7 Å². The highest BCUT2D eigenvalue weighted by atomic mass is 127. The first kappa shape index (κ1) is 25.1. The molecule has 2 aromatic carbocycles.